The molecule has 2 N–H and O–H groups in total. The number of rotatable bonds is 5. The molecule has 0 unspecified atom stereocenters. The van der Waals surface area contributed by atoms with E-state index in [1.54, 1.807) is 6.20 Å². The first-order valence-electron chi connectivity index (χ1n) is 9.80. The molecule has 0 radical (unpaired) electrons. The molecule has 1 aromatic carbocycles. The number of nitrogens with zero attached hydrogens (tertiary/aromatic N) is 4. The number of aromatic amines is 2. The Morgan fingerprint density at radius 3 is 2.70 bits per heavy atom. The summed E-state index contributed by atoms with van der Waals surface area (Å²) < 4.78 is 6.29. The van der Waals surface area contributed by atoms with Crippen LogP contribution in [0.4, 0.5) is 5.82 Å². The van der Waals surface area contributed by atoms with Gasteiger partial charge in [-0.15, -0.1) is 0 Å². The summed E-state index contributed by atoms with van der Waals surface area (Å²) in [5.41, 5.74) is 4.73. The quantitative estimate of drug-likeness (QED) is 0.448. The lowest BCUT2D eigenvalue weighted by Gasteiger charge is -2.16. The standard InChI is InChI=1S/C23H22N6O/c1-14(17-8-10-24-23-18(17)9-11-25-23)30-16-5-6-20-19(12-16)22(28-27-20)15-4-7-21(26-13-15)29(2)3/h4-14H,1-3H3,(H,24,25)(H,27,28)/t14-/m1/s1. The van der Waals surface area contributed by atoms with Gasteiger partial charge in [-0.05, 0) is 49.4 Å². The molecule has 0 fully saturated rings. The van der Waals surface area contributed by atoms with Crippen LogP contribution in [0.2, 0.25) is 0 Å². The van der Waals surface area contributed by atoms with Crippen LogP contribution in [-0.4, -0.2) is 39.2 Å². The van der Waals surface area contributed by atoms with Gasteiger partial charge in [-0.25, -0.2) is 9.97 Å². The lowest BCUT2D eigenvalue weighted by molar-refractivity contribution is 0.229. The Bertz CT molecular complexity index is 1320. The molecule has 0 aliphatic heterocycles. The van der Waals surface area contributed by atoms with E-state index in [1.807, 2.05) is 80.8 Å². The highest BCUT2D eigenvalue weighted by atomic mass is 16.5. The van der Waals surface area contributed by atoms with Crippen molar-refractivity contribution in [3.05, 3.63) is 66.6 Å². The topological polar surface area (TPSA) is 82.7 Å². The van der Waals surface area contributed by atoms with Crippen LogP contribution in [0.3, 0.4) is 0 Å². The van der Waals surface area contributed by atoms with E-state index in [1.165, 1.54) is 0 Å². The Hall–Kier alpha value is -3.87. The number of fused-ring (bicyclic) bond motifs is 2. The summed E-state index contributed by atoms with van der Waals surface area (Å²) in [5.74, 6) is 1.70. The number of H-pyrrole nitrogens is 2. The van der Waals surface area contributed by atoms with Crippen molar-refractivity contribution < 1.29 is 4.74 Å². The number of aromatic nitrogens is 5. The molecule has 0 spiro atoms. The Morgan fingerprint density at radius 1 is 1.00 bits per heavy atom. The molecule has 0 aliphatic carbocycles. The van der Waals surface area contributed by atoms with E-state index in [2.05, 4.69) is 25.1 Å². The Morgan fingerprint density at radius 2 is 1.90 bits per heavy atom. The van der Waals surface area contributed by atoms with E-state index in [-0.39, 0.29) is 6.10 Å². The number of hydrogen-bond donors (Lipinski definition) is 2. The number of hydrogen-bond acceptors (Lipinski definition) is 5. The summed E-state index contributed by atoms with van der Waals surface area (Å²) in [7, 11) is 3.95. The zero-order valence-electron chi connectivity index (χ0n) is 17.0. The van der Waals surface area contributed by atoms with Gasteiger partial charge in [0, 0.05) is 54.6 Å². The molecule has 30 heavy (non-hydrogen) atoms. The third-order valence-electron chi connectivity index (χ3n) is 5.26. The van der Waals surface area contributed by atoms with Crippen LogP contribution in [0.15, 0.2) is 61.1 Å². The predicted octanol–water partition coefficient (Wildman–Crippen LogP) is 4.71. The fourth-order valence-electron chi connectivity index (χ4n) is 3.68. The van der Waals surface area contributed by atoms with Crippen molar-refractivity contribution in [2.45, 2.75) is 13.0 Å². The molecular formula is C23H22N6O. The zero-order chi connectivity index (χ0) is 20.7. The molecular weight excluding hydrogens is 376 g/mol. The fourth-order valence-corrected chi connectivity index (χ4v) is 3.68. The van der Waals surface area contributed by atoms with Gasteiger partial charge in [0.05, 0.1) is 5.52 Å². The van der Waals surface area contributed by atoms with Crippen molar-refractivity contribution in [3.63, 3.8) is 0 Å². The molecule has 0 aliphatic rings. The van der Waals surface area contributed by atoms with Gasteiger partial charge in [0.25, 0.3) is 0 Å². The summed E-state index contributed by atoms with van der Waals surface area (Å²) in [6.45, 7) is 2.05. The van der Waals surface area contributed by atoms with E-state index >= 15 is 0 Å². The minimum Gasteiger partial charge on any atom is -0.486 e. The first-order valence-corrected chi connectivity index (χ1v) is 9.80. The van der Waals surface area contributed by atoms with Gasteiger partial charge in [0.1, 0.15) is 29.0 Å². The van der Waals surface area contributed by atoms with Crippen LogP contribution in [0, 0.1) is 0 Å². The molecule has 4 heterocycles. The summed E-state index contributed by atoms with van der Waals surface area (Å²) in [6.07, 6.45) is 5.42. The van der Waals surface area contributed by atoms with Crippen LogP contribution < -0.4 is 9.64 Å². The molecule has 0 saturated carbocycles. The highest BCUT2D eigenvalue weighted by Gasteiger charge is 2.15. The zero-order valence-corrected chi connectivity index (χ0v) is 17.0. The van der Waals surface area contributed by atoms with Crippen LogP contribution in [-0.2, 0) is 0 Å². The normalized spacial score (nSPS) is 12.4. The number of benzene rings is 1. The van der Waals surface area contributed by atoms with E-state index in [0.717, 1.165) is 50.3 Å². The van der Waals surface area contributed by atoms with Crippen LogP contribution in [0.5, 0.6) is 5.75 Å². The predicted molar refractivity (Wildman–Crippen MR) is 119 cm³/mol. The lowest BCUT2D eigenvalue weighted by atomic mass is 10.1. The summed E-state index contributed by atoms with van der Waals surface area (Å²) in [6, 6.07) is 14.0. The second-order valence-electron chi connectivity index (χ2n) is 7.48. The van der Waals surface area contributed by atoms with Crippen molar-refractivity contribution >= 4 is 27.8 Å². The van der Waals surface area contributed by atoms with E-state index in [0.29, 0.717) is 0 Å². The molecule has 7 nitrogen and oxygen atoms in total. The maximum Gasteiger partial charge on any atom is 0.137 e. The SMILES string of the molecule is C[C@@H](Oc1ccc2[nH]nc(-c3ccc(N(C)C)nc3)c2c1)c1ccnc2[nH]ccc12. The molecule has 0 amide bonds. The molecule has 5 aromatic rings. The minimum atomic E-state index is -0.125. The Labute approximate surface area is 173 Å². The van der Waals surface area contributed by atoms with Crippen LogP contribution >= 0.6 is 0 Å². The number of ether oxygens (including phenoxy) is 1. The Balaban J connectivity index is 1.47. The van der Waals surface area contributed by atoms with Crippen molar-refractivity contribution in [3.8, 4) is 17.0 Å². The van der Waals surface area contributed by atoms with Gasteiger partial charge in [-0.2, -0.15) is 5.10 Å². The first kappa shape index (κ1) is 18.2. The first-order chi connectivity index (χ1) is 14.6. The molecule has 5 rings (SSSR count). The fraction of sp³-hybridized carbons (Fsp3) is 0.174. The average molecular weight is 398 g/mol. The number of anilines is 1. The average Bonchev–Trinajstić information content (AvgIpc) is 3.40. The monoisotopic (exact) mass is 398 g/mol. The highest BCUT2D eigenvalue weighted by molar-refractivity contribution is 5.93. The van der Waals surface area contributed by atoms with Gasteiger partial charge in [-0.1, -0.05) is 0 Å². The largest absolute Gasteiger partial charge is 0.486 e. The second-order valence-corrected chi connectivity index (χ2v) is 7.48. The third kappa shape index (κ3) is 3.14. The highest BCUT2D eigenvalue weighted by Crippen LogP contribution is 2.32. The van der Waals surface area contributed by atoms with Crippen molar-refractivity contribution in [2.24, 2.45) is 0 Å². The van der Waals surface area contributed by atoms with Crippen LogP contribution in [0.25, 0.3) is 33.2 Å². The minimum absolute atomic E-state index is 0.125. The smallest absolute Gasteiger partial charge is 0.137 e. The summed E-state index contributed by atoms with van der Waals surface area (Å²) >= 11 is 0. The van der Waals surface area contributed by atoms with E-state index in [9.17, 15) is 0 Å². The van der Waals surface area contributed by atoms with E-state index in [4.69, 9.17) is 4.74 Å². The summed E-state index contributed by atoms with van der Waals surface area (Å²) in [4.78, 5) is 14.0. The van der Waals surface area contributed by atoms with Crippen LogP contribution in [0.1, 0.15) is 18.6 Å². The van der Waals surface area contributed by atoms with Gasteiger partial charge in [-0.3, -0.25) is 5.10 Å². The van der Waals surface area contributed by atoms with Crippen molar-refractivity contribution in [2.75, 3.05) is 19.0 Å². The van der Waals surface area contributed by atoms with Gasteiger partial charge >= 0.3 is 0 Å². The van der Waals surface area contributed by atoms with Gasteiger partial charge in [0.2, 0.25) is 0 Å². The molecule has 150 valence electrons. The van der Waals surface area contributed by atoms with Gasteiger partial charge < -0.3 is 14.6 Å². The molecule has 0 saturated heterocycles. The summed E-state index contributed by atoms with van der Waals surface area (Å²) in [5, 5.41) is 9.68. The van der Waals surface area contributed by atoms with E-state index < -0.39 is 0 Å². The number of nitrogens with one attached hydrogen (secondary N) is 2. The Kier molecular flexibility index (Phi) is 4.35. The maximum atomic E-state index is 6.29. The van der Waals surface area contributed by atoms with Crippen molar-refractivity contribution in [1.29, 1.82) is 0 Å². The molecule has 7 heteroatoms. The number of pyridine rings is 2. The third-order valence-corrected chi connectivity index (χ3v) is 5.26. The maximum absolute atomic E-state index is 6.29. The van der Waals surface area contributed by atoms with Gasteiger partial charge in [0.15, 0.2) is 0 Å². The lowest BCUT2D eigenvalue weighted by Crippen LogP contribution is -2.09. The molecule has 4 aromatic heterocycles. The molecule has 0 bridgehead atoms. The second kappa shape index (κ2) is 7.18. The van der Waals surface area contributed by atoms with Crippen molar-refractivity contribution in [1.82, 2.24) is 25.1 Å². The molecule has 1 atom stereocenters.